The van der Waals surface area contributed by atoms with Gasteiger partial charge in [0.15, 0.2) is 6.61 Å². The van der Waals surface area contributed by atoms with E-state index in [1.807, 2.05) is 24.3 Å². The van der Waals surface area contributed by atoms with Crippen molar-refractivity contribution in [2.75, 3.05) is 19.0 Å². The fourth-order valence-corrected chi connectivity index (χ4v) is 2.86. The molecule has 0 radical (unpaired) electrons. The number of ketones is 1. The summed E-state index contributed by atoms with van der Waals surface area (Å²) in [4.78, 5) is 35.8. The van der Waals surface area contributed by atoms with Crippen molar-refractivity contribution < 1.29 is 28.2 Å². The zero-order valence-corrected chi connectivity index (χ0v) is 15.8. The Bertz CT molecular complexity index is 1110. The number of hydrogen-bond donors (Lipinski definition) is 1. The molecule has 148 valence electrons. The van der Waals surface area contributed by atoms with Gasteiger partial charge in [0, 0.05) is 12.6 Å². The Kier molecular flexibility index (Phi) is 5.87. The van der Waals surface area contributed by atoms with Crippen molar-refractivity contribution in [3.63, 3.8) is 0 Å². The van der Waals surface area contributed by atoms with Gasteiger partial charge in [-0.1, -0.05) is 24.3 Å². The number of carbonyl (C=O) groups excluding carboxylic acids is 3. The lowest BCUT2D eigenvalue weighted by molar-refractivity contribution is -0.114. The molecule has 0 aromatic heterocycles. The molecular formula is C22H18FNO5. The molecule has 1 N–H and O–H groups in total. The highest BCUT2D eigenvalue weighted by molar-refractivity contribution is 6.02. The van der Waals surface area contributed by atoms with E-state index in [0.29, 0.717) is 5.75 Å². The third kappa shape index (κ3) is 4.57. The summed E-state index contributed by atoms with van der Waals surface area (Å²) in [6.45, 7) is 0.655. The van der Waals surface area contributed by atoms with Gasteiger partial charge in [-0.2, -0.15) is 0 Å². The third-order valence-electron chi connectivity index (χ3n) is 4.21. The SMILES string of the molecule is COc1cc2ccccc2cc1C(=O)OCC(=O)c1ccc(NC(C)=O)cc1F. The molecule has 0 fully saturated rings. The minimum atomic E-state index is -0.819. The predicted molar refractivity (Wildman–Crippen MR) is 106 cm³/mol. The quantitative estimate of drug-likeness (QED) is 0.504. The first-order chi connectivity index (χ1) is 13.9. The number of ether oxygens (including phenoxy) is 2. The molecule has 7 heteroatoms. The van der Waals surface area contributed by atoms with E-state index in [9.17, 15) is 18.8 Å². The number of esters is 1. The lowest BCUT2D eigenvalue weighted by atomic mass is 10.1. The van der Waals surface area contributed by atoms with Crippen LogP contribution in [0.1, 0.15) is 27.6 Å². The molecule has 0 bridgehead atoms. The molecular weight excluding hydrogens is 377 g/mol. The van der Waals surface area contributed by atoms with E-state index in [1.165, 1.54) is 26.2 Å². The van der Waals surface area contributed by atoms with Crippen LogP contribution in [0.5, 0.6) is 5.75 Å². The number of carbonyl (C=O) groups is 3. The minimum Gasteiger partial charge on any atom is -0.496 e. The topological polar surface area (TPSA) is 81.7 Å². The highest BCUT2D eigenvalue weighted by Crippen LogP contribution is 2.26. The maximum Gasteiger partial charge on any atom is 0.342 e. The molecule has 0 saturated carbocycles. The van der Waals surface area contributed by atoms with Gasteiger partial charge in [-0.25, -0.2) is 9.18 Å². The van der Waals surface area contributed by atoms with Gasteiger partial charge in [-0.3, -0.25) is 9.59 Å². The summed E-state index contributed by atoms with van der Waals surface area (Å²) in [5.74, 6) is -2.32. The van der Waals surface area contributed by atoms with Crippen LogP contribution < -0.4 is 10.1 Å². The van der Waals surface area contributed by atoms with Crippen molar-refractivity contribution in [1.82, 2.24) is 0 Å². The summed E-state index contributed by atoms with van der Waals surface area (Å²) in [6.07, 6.45) is 0. The Hall–Kier alpha value is -3.74. The molecule has 0 saturated heterocycles. The molecule has 1 amide bonds. The van der Waals surface area contributed by atoms with Gasteiger partial charge in [0.05, 0.1) is 12.7 Å². The number of nitrogens with one attached hydrogen (secondary N) is 1. The van der Waals surface area contributed by atoms with E-state index in [4.69, 9.17) is 9.47 Å². The first-order valence-electron chi connectivity index (χ1n) is 8.73. The van der Waals surface area contributed by atoms with Crippen LogP contribution in [0.3, 0.4) is 0 Å². The Morgan fingerprint density at radius 3 is 2.28 bits per heavy atom. The molecule has 3 rings (SSSR count). The average molecular weight is 395 g/mol. The molecule has 0 heterocycles. The second-order valence-corrected chi connectivity index (χ2v) is 6.27. The second kappa shape index (κ2) is 8.52. The number of methoxy groups -OCH3 is 1. The predicted octanol–water partition coefficient (Wildman–Crippen LogP) is 3.99. The number of hydrogen-bond acceptors (Lipinski definition) is 5. The highest BCUT2D eigenvalue weighted by atomic mass is 19.1. The van der Waals surface area contributed by atoms with E-state index < -0.39 is 24.2 Å². The molecule has 0 atom stereocenters. The molecule has 0 unspecified atom stereocenters. The monoisotopic (exact) mass is 395 g/mol. The number of anilines is 1. The van der Waals surface area contributed by atoms with Gasteiger partial charge in [0.25, 0.3) is 0 Å². The number of amides is 1. The Morgan fingerprint density at radius 1 is 0.966 bits per heavy atom. The lowest BCUT2D eigenvalue weighted by Crippen LogP contribution is -2.16. The van der Waals surface area contributed by atoms with Crippen molar-refractivity contribution in [2.24, 2.45) is 0 Å². The molecule has 29 heavy (non-hydrogen) atoms. The van der Waals surface area contributed by atoms with Crippen LogP contribution in [0.15, 0.2) is 54.6 Å². The van der Waals surface area contributed by atoms with Crippen LogP contribution in [0.2, 0.25) is 0 Å². The van der Waals surface area contributed by atoms with Crippen molar-refractivity contribution in [2.45, 2.75) is 6.92 Å². The van der Waals surface area contributed by atoms with E-state index in [1.54, 1.807) is 12.1 Å². The smallest absolute Gasteiger partial charge is 0.342 e. The number of Topliss-reactive ketones (excluding diaryl/α,β-unsaturated/α-hetero) is 1. The first kappa shape index (κ1) is 20.0. The van der Waals surface area contributed by atoms with E-state index in [-0.39, 0.29) is 22.7 Å². The normalized spacial score (nSPS) is 10.4. The van der Waals surface area contributed by atoms with Crippen molar-refractivity contribution in [3.05, 3.63) is 71.5 Å². The largest absolute Gasteiger partial charge is 0.496 e. The van der Waals surface area contributed by atoms with Crippen LogP contribution in [-0.4, -0.2) is 31.4 Å². The van der Waals surface area contributed by atoms with E-state index in [2.05, 4.69) is 5.32 Å². The van der Waals surface area contributed by atoms with Crippen LogP contribution in [-0.2, 0) is 9.53 Å². The van der Waals surface area contributed by atoms with Crippen molar-refractivity contribution in [3.8, 4) is 5.75 Å². The molecule has 0 aliphatic rings. The van der Waals surface area contributed by atoms with Gasteiger partial charge in [-0.15, -0.1) is 0 Å². The first-order valence-corrected chi connectivity index (χ1v) is 8.73. The Balaban J connectivity index is 1.74. The second-order valence-electron chi connectivity index (χ2n) is 6.27. The number of rotatable bonds is 6. The summed E-state index contributed by atoms with van der Waals surface area (Å²) in [5, 5.41) is 4.12. The van der Waals surface area contributed by atoms with E-state index >= 15 is 0 Å². The number of fused-ring (bicyclic) bond motifs is 1. The van der Waals surface area contributed by atoms with Gasteiger partial charge in [0.1, 0.15) is 17.1 Å². The molecule has 3 aromatic carbocycles. The summed E-state index contributed by atoms with van der Waals surface area (Å²) < 4.78 is 24.5. The lowest BCUT2D eigenvalue weighted by Gasteiger charge is -2.11. The molecule has 3 aromatic rings. The van der Waals surface area contributed by atoms with Gasteiger partial charge in [0.2, 0.25) is 11.7 Å². The zero-order chi connectivity index (χ0) is 21.0. The van der Waals surface area contributed by atoms with Gasteiger partial charge < -0.3 is 14.8 Å². The van der Waals surface area contributed by atoms with Crippen LogP contribution >= 0.6 is 0 Å². The van der Waals surface area contributed by atoms with Gasteiger partial charge >= 0.3 is 5.97 Å². The number of halogens is 1. The summed E-state index contributed by atoms with van der Waals surface area (Å²) in [7, 11) is 1.43. The van der Waals surface area contributed by atoms with Crippen molar-refractivity contribution >= 4 is 34.1 Å². The highest BCUT2D eigenvalue weighted by Gasteiger charge is 2.19. The van der Waals surface area contributed by atoms with Crippen LogP contribution in [0.25, 0.3) is 10.8 Å². The zero-order valence-electron chi connectivity index (χ0n) is 15.8. The van der Waals surface area contributed by atoms with Crippen LogP contribution in [0, 0.1) is 5.82 Å². The van der Waals surface area contributed by atoms with Crippen LogP contribution in [0.4, 0.5) is 10.1 Å². The summed E-state index contributed by atoms with van der Waals surface area (Å²) in [5.41, 5.74) is 0.155. The molecule has 0 aliphatic carbocycles. The Morgan fingerprint density at radius 2 is 1.66 bits per heavy atom. The maximum absolute atomic E-state index is 14.2. The van der Waals surface area contributed by atoms with Crippen molar-refractivity contribution in [1.29, 1.82) is 0 Å². The fraction of sp³-hybridized carbons (Fsp3) is 0.136. The summed E-state index contributed by atoms with van der Waals surface area (Å²) in [6, 6.07) is 14.4. The average Bonchev–Trinajstić information content (AvgIpc) is 2.70. The Labute approximate surface area is 166 Å². The fourth-order valence-electron chi connectivity index (χ4n) is 2.86. The van der Waals surface area contributed by atoms with Gasteiger partial charge in [-0.05, 0) is 41.1 Å². The molecule has 0 aliphatic heterocycles. The third-order valence-corrected chi connectivity index (χ3v) is 4.21. The van der Waals surface area contributed by atoms with E-state index in [0.717, 1.165) is 16.8 Å². The standard InChI is InChI=1S/C22H18FNO5/c1-13(25)24-16-7-8-17(19(23)11-16)20(26)12-29-22(27)18-9-14-5-3-4-6-15(14)10-21(18)28-2/h3-11H,12H2,1-2H3,(H,24,25). The molecule has 0 spiro atoms. The summed E-state index contributed by atoms with van der Waals surface area (Å²) >= 11 is 0. The minimum absolute atomic E-state index is 0.167. The molecule has 6 nitrogen and oxygen atoms in total. The number of benzene rings is 3. The maximum atomic E-state index is 14.2.